The Morgan fingerprint density at radius 3 is 2.10 bits per heavy atom. The van der Waals surface area contributed by atoms with Crippen LogP contribution in [0.25, 0.3) is 0 Å². The lowest BCUT2D eigenvalue weighted by Crippen LogP contribution is -2.62. The number of hydrogen-bond acceptors (Lipinski definition) is 2. The van der Waals surface area contributed by atoms with Crippen LogP contribution >= 0.6 is 0 Å². The number of phenols is 1. The van der Waals surface area contributed by atoms with Gasteiger partial charge in [0, 0.05) is 16.4 Å². The van der Waals surface area contributed by atoms with E-state index in [0.717, 1.165) is 11.3 Å². The van der Waals surface area contributed by atoms with Crippen molar-refractivity contribution in [3.63, 3.8) is 0 Å². The topological polar surface area (TPSA) is 29.5 Å². The molecular formula is C29H50O2. The number of phenolic OH excluding ortho intramolecular Hbond substituents is 1. The van der Waals surface area contributed by atoms with E-state index in [0.29, 0.717) is 17.6 Å². The molecule has 0 spiro atoms. The van der Waals surface area contributed by atoms with Gasteiger partial charge in [0.25, 0.3) is 0 Å². The second-order valence-corrected chi connectivity index (χ2v) is 11.5. The lowest BCUT2D eigenvalue weighted by molar-refractivity contribution is -0.156. The van der Waals surface area contributed by atoms with Gasteiger partial charge in [0.2, 0.25) is 0 Å². The second kappa shape index (κ2) is 10.6. The highest BCUT2D eigenvalue weighted by atomic mass is 16.5. The van der Waals surface area contributed by atoms with E-state index in [1.54, 1.807) is 6.07 Å². The van der Waals surface area contributed by atoms with Gasteiger partial charge in [0.1, 0.15) is 17.1 Å². The van der Waals surface area contributed by atoms with Gasteiger partial charge in [-0.2, -0.15) is 0 Å². The van der Waals surface area contributed by atoms with Crippen molar-refractivity contribution in [2.45, 2.75) is 131 Å². The number of unbranched alkanes of at least 4 members (excludes halogenated alkanes) is 8. The lowest BCUT2D eigenvalue weighted by Gasteiger charge is -2.60. The quantitative estimate of drug-likeness (QED) is 0.335. The Balaban J connectivity index is 1.98. The van der Waals surface area contributed by atoms with Crippen LogP contribution in [0.15, 0.2) is 18.2 Å². The molecule has 3 atom stereocenters. The fourth-order valence-corrected chi connectivity index (χ4v) is 5.67. The average Bonchev–Trinajstić information content (AvgIpc) is 2.71. The molecule has 1 aliphatic rings. The van der Waals surface area contributed by atoms with E-state index in [4.69, 9.17) is 4.74 Å². The predicted octanol–water partition coefficient (Wildman–Crippen LogP) is 9.26. The highest BCUT2D eigenvalue weighted by Crippen LogP contribution is 2.61. The fourth-order valence-electron chi connectivity index (χ4n) is 5.67. The smallest absolute Gasteiger partial charge is 0.123 e. The van der Waals surface area contributed by atoms with Crippen molar-refractivity contribution in [1.29, 1.82) is 0 Å². The second-order valence-electron chi connectivity index (χ2n) is 11.5. The maximum absolute atomic E-state index is 10.0. The summed E-state index contributed by atoms with van der Waals surface area (Å²) in [5.41, 5.74) is 0.817. The SMILES string of the molecule is CCCCCCCCCCCC(C)C(C)(C)C1(C)Oc2ccc(O)cc2C(C)C1(C)C. The number of ether oxygens (including phenoxy) is 1. The maximum Gasteiger partial charge on any atom is 0.123 e. The molecule has 31 heavy (non-hydrogen) atoms. The third-order valence-corrected chi connectivity index (χ3v) is 9.29. The summed E-state index contributed by atoms with van der Waals surface area (Å²) >= 11 is 0. The molecule has 1 aliphatic heterocycles. The van der Waals surface area contributed by atoms with Gasteiger partial charge >= 0.3 is 0 Å². The van der Waals surface area contributed by atoms with Gasteiger partial charge < -0.3 is 9.84 Å². The van der Waals surface area contributed by atoms with Crippen LogP contribution in [-0.4, -0.2) is 10.7 Å². The lowest BCUT2D eigenvalue weighted by atomic mass is 9.52. The first-order chi connectivity index (χ1) is 14.5. The van der Waals surface area contributed by atoms with Gasteiger partial charge in [0.05, 0.1) is 0 Å². The van der Waals surface area contributed by atoms with Crippen LogP contribution in [0.2, 0.25) is 0 Å². The molecule has 2 heteroatoms. The summed E-state index contributed by atoms with van der Waals surface area (Å²) < 4.78 is 6.83. The molecule has 0 radical (unpaired) electrons. The van der Waals surface area contributed by atoms with Crippen LogP contribution in [-0.2, 0) is 0 Å². The molecule has 0 aromatic heterocycles. The minimum absolute atomic E-state index is 0.0283. The number of fused-ring (bicyclic) bond motifs is 1. The normalized spacial score (nSPS) is 23.8. The molecular weight excluding hydrogens is 380 g/mol. The minimum atomic E-state index is -0.290. The molecule has 0 aliphatic carbocycles. The first-order valence-electron chi connectivity index (χ1n) is 13.0. The zero-order chi connectivity index (χ0) is 23.3. The Hall–Kier alpha value is -1.18. The number of aromatic hydroxyl groups is 1. The standard InChI is InChI=1S/C29H50O2/c1-9-10-11-12-13-14-15-16-17-18-22(2)27(4,5)29(8)28(6,7)23(3)25-21-24(30)19-20-26(25)31-29/h19-23,30H,9-18H2,1-8H3. The molecule has 0 fully saturated rings. The highest BCUT2D eigenvalue weighted by molar-refractivity contribution is 5.46. The molecule has 1 aromatic carbocycles. The molecule has 1 aromatic rings. The summed E-state index contributed by atoms with van der Waals surface area (Å²) in [5, 5.41) is 10.0. The molecule has 2 rings (SSSR count). The van der Waals surface area contributed by atoms with Crippen LogP contribution in [0.4, 0.5) is 0 Å². The first-order valence-corrected chi connectivity index (χ1v) is 13.0. The van der Waals surface area contributed by atoms with Gasteiger partial charge in [-0.15, -0.1) is 0 Å². The Morgan fingerprint density at radius 2 is 1.52 bits per heavy atom. The maximum atomic E-state index is 10.0. The molecule has 0 saturated heterocycles. The number of hydrogen-bond donors (Lipinski definition) is 1. The number of rotatable bonds is 12. The van der Waals surface area contributed by atoms with E-state index >= 15 is 0 Å². The Kier molecular flexibility index (Phi) is 8.94. The molecule has 3 unspecified atom stereocenters. The van der Waals surface area contributed by atoms with Crippen molar-refractivity contribution in [3.8, 4) is 11.5 Å². The third kappa shape index (κ3) is 5.42. The van der Waals surface area contributed by atoms with Crippen molar-refractivity contribution in [2.75, 3.05) is 0 Å². The Labute approximate surface area is 193 Å². The molecule has 1 heterocycles. The number of benzene rings is 1. The molecule has 2 nitrogen and oxygen atoms in total. The summed E-state index contributed by atoms with van der Waals surface area (Å²) in [4.78, 5) is 0. The van der Waals surface area contributed by atoms with E-state index in [-0.39, 0.29) is 16.4 Å². The largest absolute Gasteiger partial charge is 0.508 e. The van der Waals surface area contributed by atoms with Gasteiger partial charge in [-0.1, -0.05) is 113 Å². The molecule has 0 bridgehead atoms. The van der Waals surface area contributed by atoms with Crippen LogP contribution in [0.3, 0.4) is 0 Å². The van der Waals surface area contributed by atoms with E-state index in [2.05, 4.69) is 55.4 Å². The van der Waals surface area contributed by atoms with Crippen molar-refractivity contribution < 1.29 is 9.84 Å². The van der Waals surface area contributed by atoms with Crippen molar-refractivity contribution in [3.05, 3.63) is 23.8 Å². The molecule has 0 saturated carbocycles. The van der Waals surface area contributed by atoms with Crippen molar-refractivity contribution in [2.24, 2.45) is 16.7 Å². The molecule has 1 N–H and O–H groups in total. The third-order valence-electron chi connectivity index (χ3n) is 9.29. The van der Waals surface area contributed by atoms with Crippen LogP contribution < -0.4 is 4.74 Å². The van der Waals surface area contributed by atoms with Crippen LogP contribution in [0, 0.1) is 16.7 Å². The van der Waals surface area contributed by atoms with E-state index in [1.165, 1.54) is 64.2 Å². The van der Waals surface area contributed by atoms with Gasteiger partial charge in [-0.25, -0.2) is 0 Å². The van der Waals surface area contributed by atoms with Crippen LogP contribution in [0.5, 0.6) is 11.5 Å². The minimum Gasteiger partial charge on any atom is -0.508 e. The van der Waals surface area contributed by atoms with E-state index in [9.17, 15) is 5.11 Å². The van der Waals surface area contributed by atoms with E-state index < -0.39 is 0 Å². The zero-order valence-electron chi connectivity index (χ0n) is 21.8. The Bertz CT molecular complexity index is 690. The molecule has 178 valence electrons. The van der Waals surface area contributed by atoms with Crippen LogP contribution in [0.1, 0.15) is 131 Å². The summed E-state index contributed by atoms with van der Waals surface area (Å²) in [6, 6.07) is 5.60. The first kappa shape index (κ1) is 26.1. The predicted molar refractivity (Wildman–Crippen MR) is 134 cm³/mol. The van der Waals surface area contributed by atoms with Gasteiger partial charge in [-0.05, 0) is 37.0 Å². The summed E-state index contributed by atoms with van der Waals surface area (Å²) in [6.07, 6.45) is 13.7. The highest BCUT2D eigenvalue weighted by Gasteiger charge is 2.60. The summed E-state index contributed by atoms with van der Waals surface area (Å²) in [7, 11) is 0. The van der Waals surface area contributed by atoms with Crippen molar-refractivity contribution in [1.82, 2.24) is 0 Å². The fraction of sp³-hybridized carbons (Fsp3) is 0.793. The van der Waals surface area contributed by atoms with Gasteiger partial charge in [-0.3, -0.25) is 0 Å². The Morgan fingerprint density at radius 1 is 0.968 bits per heavy atom. The van der Waals surface area contributed by atoms with Gasteiger partial charge in [0.15, 0.2) is 0 Å². The average molecular weight is 431 g/mol. The van der Waals surface area contributed by atoms with Crippen molar-refractivity contribution >= 4 is 0 Å². The van der Waals surface area contributed by atoms with E-state index in [1.807, 2.05) is 12.1 Å². The summed E-state index contributed by atoms with van der Waals surface area (Å²) in [6.45, 7) is 18.8. The zero-order valence-corrected chi connectivity index (χ0v) is 21.8. The monoisotopic (exact) mass is 430 g/mol. The summed E-state index contributed by atoms with van der Waals surface area (Å²) in [5.74, 6) is 2.15. The molecule has 0 amide bonds.